The Morgan fingerprint density at radius 3 is 2.36 bits per heavy atom. The first-order chi connectivity index (χ1) is 6.37. The molecule has 2 unspecified atom stereocenters. The molecule has 0 aliphatic carbocycles. The van der Waals surface area contributed by atoms with E-state index < -0.39 is 5.51 Å². The molecule has 0 aliphatic rings. The maximum absolute atomic E-state index is 11.7. The Labute approximate surface area is 86.6 Å². The summed E-state index contributed by atoms with van der Waals surface area (Å²) in [6.07, 6.45) is 0.00545. The Kier molecular flexibility index (Phi) is 6.55. The van der Waals surface area contributed by atoms with Gasteiger partial charge < -0.3 is 10.1 Å². The van der Waals surface area contributed by atoms with Crippen LogP contribution in [0.1, 0.15) is 13.8 Å². The van der Waals surface area contributed by atoms with Crippen LogP contribution in [0.2, 0.25) is 0 Å². The number of alkyl halides is 3. The highest BCUT2D eigenvalue weighted by Gasteiger charge is 2.27. The summed E-state index contributed by atoms with van der Waals surface area (Å²) >= 11 is -0.00845. The van der Waals surface area contributed by atoms with Crippen LogP contribution in [0.25, 0.3) is 0 Å². The lowest BCUT2D eigenvalue weighted by atomic mass is 10.2. The van der Waals surface area contributed by atoms with Crippen LogP contribution in [-0.4, -0.2) is 37.1 Å². The number of hydrogen-bond acceptors (Lipinski definition) is 3. The van der Waals surface area contributed by atoms with E-state index in [4.69, 9.17) is 4.74 Å². The molecule has 6 heteroatoms. The van der Waals surface area contributed by atoms with Gasteiger partial charge in [0, 0.05) is 25.4 Å². The van der Waals surface area contributed by atoms with Crippen LogP contribution in [0.5, 0.6) is 0 Å². The quantitative estimate of drug-likeness (QED) is 0.708. The van der Waals surface area contributed by atoms with Crippen molar-refractivity contribution < 1.29 is 17.9 Å². The molecule has 0 saturated carbocycles. The average Bonchev–Trinajstić information content (AvgIpc) is 2.09. The third-order valence-electron chi connectivity index (χ3n) is 1.91. The topological polar surface area (TPSA) is 21.3 Å². The first-order valence-corrected chi connectivity index (χ1v) is 5.32. The summed E-state index contributed by atoms with van der Waals surface area (Å²) in [6.45, 7) is 4.08. The van der Waals surface area contributed by atoms with Crippen LogP contribution in [0.15, 0.2) is 0 Å². The Bertz CT molecular complexity index is 154. The van der Waals surface area contributed by atoms with Crippen molar-refractivity contribution in [3.63, 3.8) is 0 Å². The number of ether oxygens (including phenoxy) is 1. The second kappa shape index (κ2) is 6.53. The maximum atomic E-state index is 11.7. The zero-order valence-electron chi connectivity index (χ0n) is 8.52. The lowest BCUT2D eigenvalue weighted by Crippen LogP contribution is -2.38. The molecular weight excluding hydrogens is 215 g/mol. The number of halogens is 3. The van der Waals surface area contributed by atoms with E-state index in [0.29, 0.717) is 6.54 Å². The van der Waals surface area contributed by atoms with Gasteiger partial charge in [-0.3, -0.25) is 0 Å². The average molecular weight is 231 g/mol. The van der Waals surface area contributed by atoms with Crippen LogP contribution in [0, 0.1) is 0 Å². The fourth-order valence-electron chi connectivity index (χ4n) is 0.823. The Hall–Kier alpha value is 0.0600. The highest BCUT2D eigenvalue weighted by atomic mass is 32.2. The van der Waals surface area contributed by atoms with Gasteiger partial charge in [0.05, 0.1) is 6.10 Å². The molecule has 0 rings (SSSR count). The highest BCUT2D eigenvalue weighted by Crippen LogP contribution is 2.29. The van der Waals surface area contributed by atoms with E-state index >= 15 is 0 Å². The van der Waals surface area contributed by atoms with Gasteiger partial charge >= 0.3 is 5.51 Å². The van der Waals surface area contributed by atoms with Crippen molar-refractivity contribution in [2.45, 2.75) is 31.5 Å². The SMILES string of the molecule is COC(C)C(C)NCCSC(F)(F)F. The zero-order valence-corrected chi connectivity index (χ0v) is 9.34. The molecule has 0 radical (unpaired) electrons. The number of methoxy groups -OCH3 is 1. The predicted octanol–water partition coefficient (Wildman–Crippen LogP) is 2.25. The lowest BCUT2D eigenvalue weighted by Gasteiger charge is -2.19. The Morgan fingerprint density at radius 1 is 1.36 bits per heavy atom. The van der Waals surface area contributed by atoms with Crippen molar-refractivity contribution >= 4 is 11.8 Å². The van der Waals surface area contributed by atoms with Crippen LogP contribution in [0.3, 0.4) is 0 Å². The van der Waals surface area contributed by atoms with Crippen LogP contribution < -0.4 is 5.32 Å². The second-order valence-electron chi connectivity index (χ2n) is 2.98. The first-order valence-electron chi connectivity index (χ1n) is 4.33. The molecule has 0 fully saturated rings. The molecule has 0 heterocycles. The summed E-state index contributed by atoms with van der Waals surface area (Å²) in [5.74, 6) is 0.0320. The standard InChI is InChI=1S/C8H16F3NOS/c1-6(7(2)13-3)12-4-5-14-8(9,10)11/h6-7,12H,4-5H2,1-3H3. The third kappa shape index (κ3) is 7.46. The second-order valence-corrected chi connectivity index (χ2v) is 4.14. The summed E-state index contributed by atoms with van der Waals surface area (Å²) in [6, 6.07) is 0.0637. The van der Waals surface area contributed by atoms with Crippen molar-refractivity contribution in [2.24, 2.45) is 0 Å². The van der Waals surface area contributed by atoms with Gasteiger partial charge in [-0.2, -0.15) is 13.2 Å². The van der Waals surface area contributed by atoms with Gasteiger partial charge in [-0.1, -0.05) is 0 Å². The van der Waals surface area contributed by atoms with Gasteiger partial charge in [-0.05, 0) is 25.6 Å². The van der Waals surface area contributed by atoms with Gasteiger partial charge in [0.15, 0.2) is 0 Å². The Morgan fingerprint density at radius 2 is 1.93 bits per heavy atom. The Balaban J connectivity index is 3.45. The monoisotopic (exact) mass is 231 g/mol. The molecule has 0 saturated heterocycles. The van der Waals surface area contributed by atoms with E-state index in [1.807, 2.05) is 13.8 Å². The van der Waals surface area contributed by atoms with Crippen LogP contribution in [0.4, 0.5) is 13.2 Å². The van der Waals surface area contributed by atoms with Gasteiger partial charge in [0.25, 0.3) is 0 Å². The normalized spacial score (nSPS) is 16.7. The number of nitrogens with one attached hydrogen (secondary N) is 1. The van der Waals surface area contributed by atoms with E-state index in [2.05, 4.69) is 5.32 Å². The zero-order chi connectivity index (χ0) is 11.2. The smallest absolute Gasteiger partial charge is 0.380 e. The van der Waals surface area contributed by atoms with Crippen molar-refractivity contribution in [2.75, 3.05) is 19.4 Å². The van der Waals surface area contributed by atoms with Crippen LogP contribution >= 0.6 is 11.8 Å². The molecule has 0 aromatic heterocycles. The van der Waals surface area contributed by atoms with Crippen LogP contribution in [-0.2, 0) is 4.74 Å². The molecule has 0 bridgehead atoms. The fourth-order valence-corrected chi connectivity index (χ4v) is 1.27. The summed E-state index contributed by atoms with van der Waals surface area (Å²) < 4.78 is 40.2. The maximum Gasteiger partial charge on any atom is 0.441 e. The third-order valence-corrected chi connectivity index (χ3v) is 2.65. The molecule has 2 nitrogen and oxygen atoms in total. The molecule has 0 aromatic carbocycles. The minimum Gasteiger partial charge on any atom is -0.380 e. The van der Waals surface area contributed by atoms with Crippen molar-refractivity contribution in [3.8, 4) is 0 Å². The van der Waals surface area contributed by atoms with E-state index in [1.165, 1.54) is 0 Å². The van der Waals surface area contributed by atoms with Gasteiger partial charge in [0.2, 0.25) is 0 Å². The van der Waals surface area contributed by atoms with Gasteiger partial charge in [-0.25, -0.2) is 0 Å². The summed E-state index contributed by atoms with van der Waals surface area (Å²) in [5, 5.41) is 2.96. The molecule has 0 spiro atoms. The number of thioether (sulfide) groups is 1. The summed E-state index contributed by atoms with van der Waals surface area (Å²) in [5.41, 5.74) is -4.13. The van der Waals surface area contributed by atoms with E-state index in [-0.39, 0.29) is 29.7 Å². The lowest BCUT2D eigenvalue weighted by molar-refractivity contribution is -0.0327. The number of hydrogen-bond donors (Lipinski definition) is 1. The minimum absolute atomic E-state index is 0.00545. The molecule has 0 amide bonds. The summed E-state index contributed by atoms with van der Waals surface area (Å²) in [4.78, 5) is 0. The van der Waals surface area contributed by atoms with E-state index in [9.17, 15) is 13.2 Å². The first kappa shape index (κ1) is 14.1. The van der Waals surface area contributed by atoms with Gasteiger partial charge in [0.1, 0.15) is 0 Å². The predicted molar refractivity (Wildman–Crippen MR) is 52.4 cm³/mol. The van der Waals surface area contributed by atoms with Crippen molar-refractivity contribution in [3.05, 3.63) is 0 Å². The molecule has 2 atom stereocenters. The van der Waals surface area contributed by atoms with Crippen molar-refractivity contribution in [1.29, 1.82) is 0 Å². The van der Waals surface area contributed by atoms with Crippen molar-refractivity contribution in [1.82, 2.24) is 5.32 Å². The highest BCUT2D eigenvalue weighted by molar-refractivity contribution is 8.00. The molecule has 0 aliphatic heterocycles. The molecule has 14 heavy (non-hydrogen) atoms. The van der Waals surface area contributed by atoms with E-state index in [1.54, 1.807) is 7.11 Å². The molecular formula is C8H16F3NOS. The van der Waals surface area contributed by atoms with Gasteiger partial charge in [-0.15, -0.1) is 0 Å². The molecule has 0 aromatic rings. The molecule has 86 valence electrons. The fraction of sp³-hybridized carbons (Fsp3) is 1.00. The molecule has 1 N–H and O–H groups in total. The largest absolute Gasteiger partial charge is 0.441 e. The minimum atomic E-state index is -4.13. The summed E-state index contributed by atoms with van der Waals surface area (Å²) in [7, 11) is 1.58. The number of rotatable bonds is 6. The van der Waals surface area contributed by atoms with E-state index in [0.717, 1.165) is 0 Å².